The van der Waals surface area contributed by atoms with Crippen molar-refractivity contribution in [3.8, 4) is 0 Å². The van der Waals surface area contributed by atoms with Crippen molar-refractivity contribution in [1.82, 2.24) is 9.55 Å². The summed E-state index contributed by atoms with van der Waals surface area (Å²) >= 11 is 7.64. The van der Waals surface area contributed by atoms with Gasteiger partial charge in [-0.15, -0.1) is 11.8 Å². The Kier molecular flexibility index (Phi) is 4.13. The smallest absolute Gasteiger partial charge is 0.255 e. The van der Waals surface area contributed by atoms with Gasteiger partial charge in [0.15, 0.2) is 0 Å². The fraction of sp³-hybridized carbons (Fsp3) is 0.333. The van der Waals surface area contributed by atoms with Gasteiger partial charge in [0.25, 0.3) is 5.56 Å². The van der Waals surface area contributed by atoms with E-state index >= 15 is 0 Å². The SMILES string of the molecule is O=c1cc(Cl)nc(C2CC2)n1CCSc1ccccc1. The molecular weight excluding hydrogens is 292 g/mol. The Bertz CT molecular complexity index is 653. The maximum atomic E-state index is 12.1. The zero-order valence-corrected chi connectivity index (χ0v) is 12.5. The highest BCUT2D eigenvalue weighted by Gasteiger charge is 2.28. The van der Waals surface area contributed by atoms with Crippen LogP contribution in [-0.4, -0.2) is 15.3 Å². The average molecular weight is 307 g/mol. The van der Waals surface area contributed by atoms with E-state index in [1.165, 1.54) is 11.0 Å². The molecule has 1 aromatic carbocycles. The second kappa shape index (κ2) is 6.02. The van der Waals surface area contributed by atoms with Crippen LogP contribution in [0.1, 0.15) is 24.6 Å². The Morgan fingerprint density at radius 2 is 2.05 bits per heavy atom. The normalized spacial score (nSPS) is 14.4. The molecule has 0 radical (unpaired) electrons. The quantitative estimate of drug-likeness (QED) is 0.626. The van der Waals surface area contributed by atoms with Gasteiger partial charge in [-0.25, -0.2) is 4.98 Å². The lowest BCUT2D eigenvalue weighted by molar-refractivity contribution is 0.653. The standard InChI is InChI=1S/C15H15ClN2OS/c16-13-10-14(19)18(15(17-13)11-6-7-11)8-9-20-12-4-2-1-3-5-12/h1-5,10-11H,6-9H2. The lowest BCUT2D eigenvalue weighted by atomic mass is 10.3. The van der Waals surface area contributed by atoms with Gasteiger partial charge >= 0.3 is 0 Å². The molecule has 1 aromatic heterocycles. The number of aromatic nitrogens is 2. The van der Waals surface area contributed by atoms with Crippen LogP contribution in [0, 0.1) is 0 Å². The van der Waals surface area contributed by atoms with Crippen molar-refractivity contribution in [3.63, 3.8) is 0 Å². The first-order valence-corrected chi connectivity index (χ1v) is 8.05. The van der Waals surface area contributed by atoms with Crippen molar-refractivity contribution in [3.05, 3.63) is 57.7 Å². The second-order valence-corrected chi connectivity index (χ2v) is 6.42. The van der Waals surface area contributed by atoms with Crippen LogP contribution in [0.4, 0.5) is 0 Å². The van der Waals surface area contributed by atoms with Gasteiger partial charge in [0.2, 0.25) is 0 Å². The van der Waals surface area contributed by atoms with Crippen molar-refractivity contribution in [2.75, 3.05) is 5.75 Å². The maximum absolute atomic E-state index is 12.1. The van der Waals surface area contributed by atoms with Gasteiger partial charge in [0, 0.05) is 29.2 Å². The van der Waals surface area contributed by atoms with Crippen LogP contribution >= 0.6 is 23.4 Å². The number of benzene rings is 1. The highest BCUT2D eigenvalue weighted by molar-refractivity contribution is 7.99. The van der Waals surface area contributed by atoms with E-state index in [0.29, 0.717) is 17.6 Å². The minimum atomic E-state index is -0.0411. The highest BCUT2D eigenvalue weighted by atomic mass is 35.5. The Balaban J connectivity index is 1.72. The maximum Gasteiger partial charge on any atom is 0.255 e. The number of hydrogen-bond acceptors (Lipinski definition) is 3. The Morgan fingerprint density at radius 1 is 1.30 bits per heavy atom. The highest BCUT2D eigenvalue weighted by Crippen LogP contribution is 2.38. The van der Waals surface area contributed by atoms with E-state index in [4.69, 9.17) is 11.6 Å². The number of halogens is 1. The van der Waals surface area contributed by atoms with Crippen LogP contribution in [0.3, 0.4) is 0 Å². The van der Waals surface area contributed by atoms with E-state index in [2.05, 4.69) is 17.1 Å². The summed E-state index contributed by atoms with van der Waals surface area (Å²) in [5, 5.41) is 0.309. The summed E-state index contributed by atoms with van der Waals surface area (Å²) in [5.41, 5.74) is -0.0411. The molecule has 0 bridgehead atoms. The topological polar surface area (TPSA) is 34.9 Å². The molecule has 0 saturated heterocycles. The zero-order chi connectivity index (χ0) is 13.9. The number of hydrogen-bond donors (Lipinski definition) is 0. The third-order valence-electron chi connectivity index (χ3n) is 3.28. The molecule has 20 heavy (non-hydrogen) atoms. The summed E-state index contributed by atoms with van der Waals surface area (Å²) in [5.74, 6) is 2.13. The Hall–Kier alpha value is -1.26. The van der Waals surface area contributed by atoms with Gasteiger partial charge in [-0.1, -0.05) is 29.8 Å². The minimum Gasteiger partial charge on any atom is -0.296 e. The molecule has 3 rings (SSSR count). The molecule has 104 valence electrons. The van der Waals surface area contributed by atoms with Crippen molar-refractivity contribution in [2.45, 2.75) is 30.2 Å². The van der Waals surface area contributed by atoms with Crippen LogP contribution in [0.15, 0.2) is 46.1 Å². The van der Waals surface area contributed by atoms with Gasteiger partial charge in [0.05, 0.1) is 0 Å². The Morgan fingerprint density at radius 3 is 2.75 bits per heavy atom. The summed E-state index contributed by atoms with van der Waals surface area (Å²) in [6.45, 7) is 0.675. The van der Waals surface area contributed by atoms with Crippen molar-refractivity contribution >= 4 is 23.4 Å². The summed E-state index contributed by atoms with van der Waals surface area (Å²) in [4.78, 5) is 17.6. The molecule has 0 spiro atoms. The molecule has 0 N–H and O–H groups in total. The van der Waals surface area contributed by atoms with E-state index in [9.17, 15) is 4.79 Å². The Labute approximate surface area is 127 Å². The fourth-order valence-corrected chi connectivity index (χ4v) is 3.18. The molecule has 5 heteroatoms. The number of nitrogens with zero attached hydrogens (tertiary/aromatic N) is 2. The third kappa shape index (κ3) is 3.25. The van der Waals surface area contributed by atoms with Gasteiger partial charge in [-0.3, -0.25) is 9.36 Å². The molecule has 2 aromatic rings. The molecule has 1 heterocycles. The first-order valence-electron chi connectivity index (χ1n) is 6.69. The van der Waals surface area contributed by atoms with Crippen molar-refractivity contribution in [1.29, 1.82) is 0 Å². The molecule has 1 aliphatic carbocycles. The second-order valence-electron chi connectivity index (χ2n) is 4.86. The predicted molar refractivity (Wildman–Crippen MR) is 82.6 cm³/mol. The number of thioether (sulfide) groups is 1. The van der Waals surface area contributed by atoms with Gasteiger partial charge in [0.1, 0.15) is 11.0 Å². The molecule has 0 aliphatic heterocycles. The van der Waals surface area contributed by atoms with Gasteiger partial charge in [-0.05, 0) is 25.0 Å². The van der Waals surface area contributed by atoms with Crippen LogP contribution < -0.4 is 5.56 Å². The van der Waals surface area contributed by atoms with Gasteiger partial charge < -0.3 is 0 Å². The van der Waals surface area contributed by atoms with Gasteiger partial charge in [-0.2, -0.15) is 0 Å². The summed E-state index contributed by atoms with van der Waals surface area (Å²) in [7, 11) is 0. The van der Waals surface area contributed by atoms with E-state index < -0.39 is 0 Å². The zero-order valence-electron chi connectivity index (χ0n) is 11.0. The van der Waals surface area contributed by atoms with Crippen molar-refractivity contribution in [2.24, 2.45) is 0 Å². The molecule has 3 nitrogen and oxygen atoms in total. The van der Waals surface area contributed by atoms with Crippen LogP contribution in [0.2, 0.25) is 5.15 Å². The lowest BCUT2D eigenvalue weighted by Crippen LogP contribution is -2.25. The number of rotatable bonds is 5. The van der Waals surface area contributed by atoms with E-state index in [0.717, 1.165) is 24.4 Å². The monoisotopic (exact) mass is 306 g/mol. The fourth-order valence-electron chi connectivity index (χ4n) is 2.14. The summed E-state index contributed by atoms with van der Waals surface area (Å²) in [6, 6.07) is 11.6. The molecular formula is C15H15ClN2OS. The molecule has 0 atom stereocenters. The molecule has 0 amide bonds. The van der Waals surface area contributed by atoms with Crippen LogP contribution in [0.5, 0.6) is 0 Å². The van der Waals surface area contributed by atoms with Crippen LogP contribution in [-0.2, 0) is 6.54 Å². The predicted octanol–water partition coefficient (Wildman–Crippen LogP) is 3.57. The first kappa shape index (κ1) is 13.7. The molecule has 0 unspecified atom stereocenters. The summed E-state index contributed by atoms with van der Waals surface area (Å²) in [6.07, 6.45) is 2.22. The average Bonchev–Trinajstić information content (AvgIpc) is 3.26. The van der Waals surface area contributed by atoms with E-state index in [-0.39, 0.29) is 5.56 Å². The molecule has 1 aliphatic rings. The minimum absolute atomic E-state index is 0.0411. The summed E-state index contributed by atoms with van der Waals surface area (Å²) < 4.78 is 1.78. The largest absolute Gasteiger partial charge is 0.296 e. The van der Waals surface area contributed by atoms with E-state index in [1.54, 1.807) is 16.3 Å². The first-order chi connectivity index (χ1) is 9.74. The third-order valence-corrected chi connectivity index (χ3v) is 4.46. The lowest BCUT2D eigenvalue weighted by Gasteiger charge is -2.11. The van der Waals surface area contributed by atoms with Crippen molar-refractivity contribution < 1.29 is 0 Å². The molecule has 1 fully saturated rings. The molecule has 1 saturated carbocycles. The van der Waals surface area contributed by atoms with E-state index in [1.807, 2.05) is 18.2 Å². The van der Waals surface area contributed by atoms with Crippen LogP contribution in [0.25, 0.3) is 0 Å².